The number of benzene rings is 1. The van der Waals surface area contributed by atoms with Gasteiger partial charge in [0.2, 0.25) is 5.91 Å². The van der Waals surface area contributed by atoms with Gasteiger partial charge in [-0.3, -0.25) is 14.6 Å². The fourth-order valence-electron chi connectivity index (χ4n) is 2.42. The number of amides is 1. The summed E-state index contributed by atoms with van der Waals surface area (Å²) in [5, 5.41) is 2.83. The van der Waals surface area contributed by atoms with E-state index >= 15 is 0 Å². The number of ether oxygens (including phenoxy) is 1. The van der Waals surface area contributed by atoms with E-state index in [-0.39, 0.29) is 18.7 Å². The zero-order valence-electron chi connectivity index (χ0n) is 15.3. The number of hydrogen-bond donors (Lipinski definition) is 3. The van der Waals surface area contributed by atoms with Gasteiger partial charge in [0.05, 0.1) is 6.61 Å². The van der Waals surface area contributed by atoms with Crippen molar-refractivity contribution in [2.45, 2.75) is 40.2 Å². The lowest BCUT2D eigenvalue weighted by atomic mass is 10.1. The van der Waals surface area contributed by atoms with Gasteiger partial charge in [-0.25, -0.2) is 4.79 Å². The van der Waals surface area contributed by atoms with Crippen LogP contribution in [0.3, 0.4) is 0 Å². The molecule has 7 nitrogen and oxygen atoms in total. The molecule has 2 aromatic rings. The van der Waals surface area contributed by atoms with Crippen LogP contribution in [0.1, 0.15) is 37.1 Å². The minimum Gasteiger partial charge on any atom is -0.493 e. The Balaban J connectivity index is 1.82. The fourth-order valence-corrected chi connectivity index (χ4v) is 2.42. The number of aryl methyl sites for hydroxylation is 1. The maximum Gasteiger partial charge on any atom is 0.325 e. The van der Waals surface area contributed by atoms with Crippen molar-refractivity contribution in [1.82, 2.24) is 15.3 Å². The first-order valence-electron chi connectivity index (χ1n) is 8.65. The molecule has 3 N–H and O–H groups in total. The van der Waals surface area contributed by atoms with E-state index in [1.165, 1.54) is 0 Å². The van der Waals surface area contributed by atoms with Crippen molar-refractivity contribution < 1.29 is 9.53 Å². The molecule has 2 rings (SSSR count). The Labute approximate surface area is 151 Å². The minimum absolute atomic E-state index is 0.157. The van der Waals surface area contributed by atoms with Crippen molar-refractivity contribution in [3.05, 3.63) is 61.9 Å². The predicted octanol–water partition coefficient (Wildman–Crippen LogP) is 1.66. The number of nitrogens with one attached hydrogen (secondary N) is 3. The van der Waals surface area contributed by atoms with Gasteiger partial charge in [-0.2, -0.15) is 0 Å². The van der Waals surface area contributed by atoms with Crippen LogP contribution >= 0.6 is 0 Å². The summed E-state index contributed by atoms with van der Waals surface area (Å²) in [6.45, 7) is 6.90. The van der Waals surface area contributed by atoms with Crippen molar-refractivity contribution >= 4 is 5.91 Å². The van der Waals surface area contributed by atoms with Crippen LogP contribution in [0.5, 0.6) is 5.75 Å². The average Bonchev–Trinajstić information content (AvgIpc) is 2.58. The maximum absolute atomic E-state index is 12.0. The third-order valence-electron chi connectivity index (χ3n) is 3.85. The zero-order chi connectivity index (χ0) is 19.1. The summed E-state index contributed by atoms with van der Waals surface area (Å²) in [5.74, 6) is 1.11. The monoisotopic (exact) mass is 359 g/mol. The molecule has 140 valence electrons. The molecule has 0 aliphatic heterocycles. The van der Waals surface area contributed by atoms with Crippen molar-refractivity contribution in [2.24, 2.45) is 5.92 Å². The van der Waals surface area contributed by atoms with Crippen molar-refractivity contribution in [3.63, 3.8) is 0 Å². The summed E-state index contributed by atoms with van der Waals surface area (Å²) in [5.41, 5.74) is 0.890. The molecule has 0 aliphatic carbocycles. The summed E-state index contributed by atoms with van der Waals surface area (Å²) < 4.78 is 5.62. The number of aromatic amines is 2. The Morgan fingerprint density at radius 2 is 1.85 bits per heavy atom. The second kappa shape index (κ2) is 9.03. The summed E-state index contributed by atoms with van der Waals surface area (Å²) in [6, 6.07) is 7.58. The zero-order valence-corrected chi connectivity index (χ0v) is 15.3. The smallest absolute Gasteiger partial charge is 0.325 e. The molecule has 1 heterocycles. The second-order valence-corrected chi connectivity index (χ2v) is 6.64. The lowest BCUT2D eigenvalue weighted by molar-refractivity contribution is -0.121. The standard InChI is InChI=1S/C19H25N3O4/c1-12(2)11-26-15-6-4-14(5-7-15)10-20-17(23)9-8-16-13(3)21-19(25)22-18(16)24/h4-7,12H,8-11H2,1-3H3,(H,20,23)(H2,21,22,24,25). The largest absolute Gasteiger partial charge is 0.493 e. The van der Waals surface area contributed by atoms with Gasteiger partial charge in [-0.1, -0.05) is 26.0 Å². The molecule has 0 saturated heterocycles. The molecule has 1 amide bonds. The highest BCUT2D eigenvalue weighted by Gasteiger charge is 2.09. The van der Waals surface area contributed by atoms with Crippen LogP contribution < -0.4 is 21.3 Å². The van der Waals surface area contributed by atoms with Crippen molar-refractivity contribution in [1.29, 1.82) is 0 Å². The van der Waals surface area contributed by atoms with Crippen LogP contribution in [0.15, 0.2) is 33.9 Å². The molecule has 7 heteroatoms. The first-order chi connectivity index (χ1) is 12.3. The fraction of sp³-hybridized carbons (Fsp3) is 0.421. The number of rotatable bonds is 8. The Morgan fingerprint density at radius 3 is 2.46 bits per heavy atom. The Kier molecular flexibility index (Phi) is 6.77. The Bertz CT molecular complexity index is 850. The molecule has 26 heavy (non-hydrogen) atoms. The molecule has 1 aromatic heterocycles. The number of carbonyl (C=O) groups is 1. The number of carbonyl (C=O) groups excluding carboxylic acids is 1. The minimum atomic E-state index is -0.540. The van der Waals surface area contributed by atoms with E-state index < -0.39 is 11.2 Å². The highest BCUT2D eigenvalue weighted by atomic mass is 16.5. The van der Waals surface area contributed by atoms with E-state index in [4.69, 9.17) is 4.74 Å². The number of hydrogen-bond acceptors (Lipinski definition) is 4. The highest BCUT2D eigenvalue weighted by Crippen LogP contribution is 2.13. The first-order valence-corrected chi connectivity index (χ1v) is 8.65. The Morgan fingerprint density at radius 1 is 1.15 bits per heavy atom. The summed E-state index contributed by atoms with van der Waals surface area (Å²) in [4.78, 5) is 39.6. The molecule has 0 spiro atoms. The van der Waals surface area contributed by atoms with E-state index in [0.717, 1.165) is 11.3 Å². The van der Waals surface area contributed by atoms with Gasteiger partial charge in [0, 0.05) is 24.2 Å². The van der Waals surface area contributed by atoms with Gasteiger partial charge in [0.25, 0.3) is 5.56 Å². The van der Waals surface area contributed by atoms with Gasteiger partial charge >= 0.3 is 5.69 Å². The topological polar surface area (TPSA) is 104 Å². The van der Waals surface area contributed by atoms with Crippen LogP contribution in [0.2, 0.25) is 0 Å². The maximum atomic E-state index is 12.0. The van der Waals surface area contributed by atoms with Gasteiger partial charge < -0.3 is 15.0 Å². The van der Waals surface area contributed by atoms with Gasteiger partial charge in [0.1, 0.15) is 5.75 Å². The van der Waals surface area contributed by atoms with Crippen LogP contribution in [-0.4, -0.2) is 22.5 Å². The molecular formula is C19H25N3O4. The van der Waals surface area contributed by atoms with E-state index in [1.807, 2.05) is 24.3 Å². The van der Waals surface area contributed by atoms with Crippen LogP contribution in [-0.2, 0) is 17.8 Å². The van der Waals surface area contributed by atoms with Crippen LogP contribution in [0.25, 0.3) is 0 Å². The molecule has 0 bridgehead atoms. The lowest BCUT2D eigenvalue weighted by Gasteiger charge is -2.10. The predicted molar refractivity (Wildman–Crippen MR) is 99.4 cm³/mol. The third kappa shape index (κ3) is 5.91. The summed E-state index contributed by atoms with van der Waals surface area (Å²) in [7, 11) is 0. The molecule has 0 atom stereocenters. The van der Waals surface area contributed by atoms with Gasteiger partial charge in [0.15, 0.2) is 0 Å². The quantitative estimate of drug-likeness (QED) is 0.667. The van der Waals surface area contributed by atoms with Crippen LogP contribution in [0, 0.1) is 12.8 Å². The second-order valence-electron chi connectivity index (χ2n) is 6.64. The first kappa shape index (κ1) is 19.5. The Hall–Kier alpha value is -2.83. The molecule has 0 fully saturated rings. The number of H-pyrrole nitrogens is 2. The van der Waals surface area contributed by atoms with E-state index in [1.54, 1.807) is 6.92 Å². The summed E-state index contributed by atoms with van der Waals surface area (Å²) in [6.07, 6.45) is 0.442. The third-order valence-corrected chi connectivity index (χ3v) is 3.85. The normalized spacial score (nSPS) is 10.8. The van der Waals surface area contributed by atoms with Crippen molar-refractivity contribution in [2.75, 3.05) is 6.61 Å². The van der Waals surface area contributed by atoms with Crippen LogP contribution in [0.4, 0.5) is 0 Å². The lowest BCUT2D eigenvalue weighted by Crippen LogP contribution is -2.29. The van der Waals surface area contributed by atoms with E-state index in [2.05, 4.69) is 29.1 Å². The molecule has 0 saturated carbocycles. The molecular weight excluding hydrogens is 334 g/mol. The van der Waals surface area contributed by atoms with Gasteiger partial charge in [-0.15, -0.1) is 0 Å². The van der Waals surface area contributed by atoms with Crippen molar-refractivity contribution in [3.8, 4) is 5.75 Å². The molecule has 0 radical (unpaired) electrons. The highest BCUT2D eigenvalue weighted by molar-refractivity contribution is 5.76. The number of aromatic nitrogens is 2. The molecule has 0 unspecified atom stereocenters. The SMILES string of the molecule is Cc1[nH]c(=O)[nH]c(=O)c1CCC(=O)NCc1ccc(OCC(C)C)cc1. The van der Waals surface area contributed by atoms with Gasteiger partial charge in [-0.05, 0) is 37.0 Å². The van der Waals surface area contributed by atoms with E-state index in [0.29, 0.717) is 30.3 Å². The average molecular weight is 359 g/mol. The molecule has 1 aromatic carbocycles. The molecule has 0 aliphatic rings. The summed E-state index contributed by atoms with van der Waals surface area (Å²) >= 11 is 0. The van der Waals surface area contributed by atoms with E-state index in [9.17, 15) is 14.4 Å².